The van der Waals surface area contributed by atoms with Crippen molar-refractivity contribution in [3.8, 4) is 11.5 Å². The highest BCUT2D eigenvalue weighted by Gasteiger charge is 2.31. The fourth-order valence-corrected chi connectivity index (χ4v) is 5.19. The lowest BCUT2D eigenvalue weighted by atomic mass is 9.97. The predicted molar refractivity (Wildman–Crippen MR) is 188 cm³/mol. The number of hydrogen-bond acceptors (Lipinski definition) is 11. The summed E-state index contributed by atoms with van der Waals surface area (Å²) in [5, 5.41) is 5.29. The Hall–Kier alpha value is -5.60. The number of amides is 4. The molecule has 1 fully saturated rings. The summed E-state index contributed by atoms with van der Waals surface area (Å²) in [6.45, 7) is 12.2. The van der Waals surface area contributed by atoms with Crippen molar-refractivity contribution >= 4 is 35.9 Å². The predicted octanol–water partition coefficient (Wildman–Crippen LogP) is 3.70. The van der Waals surface area contributed by atoms with Gasteiger partial charge >= 0.3 is 18.2 Å². The molecule has 0 spiro atoms. The molecule has 1 aliphatic heterocycles. The molecule has 0 aromatic heterocycles. The van der Waals surface area contributed by atoms with Gasteiger partial charge in [-0.3, -0.25) is 14.4 Å². The molecule has 2 aromatic rings. The summed E-state index contributed by atoms with van der Waals surface area (Å²) in [4.78, 5) is 77.5. The van der Waals surface area contributed by atoms with Gasteiger partial charge in [-0.25, -0.2) is 14.4 Å². The maximum Gasteiger partial charge on any atom is 0.511 e. The van der Waals surface area contributed by atoms with Gasteiger partial charge in [-0.1, -0.05) is 35.9 Å². The van der Waals surface area contributed by atoms with Gasteiger partial charge in [-0.2, -0.15) is 0 Å². The van der Waals surface area contributed by atoms with Crippen molar-refractivity contribution < 1.29 is 52.5 Å². The summed E-state index contributed by atoms with van der Waals surface area (Å²) in [6, 6.07) is 11.0. The van der Waals surface area contributed by atoms with Crippen molar-refractivity contribution in [1.29, 1.82) is 0 Å². The molecule has 3 rings (SSSR count). The molecular weight excluding hydrogens is 676 g/mol. The SMILES string of the molecule is C=C(C)C[C@H](NC(=O)COc1ccccc1C)C(=O)N[C@@H](Cc1ccc(OC(=O)N2CCC(C(N)=O)CC2)cc1)C(=O)OC(C)OC(=O)OC(C)C. The van der Waals surface area contributed by atoms with Gasteiger partial charge < -0.3 is 45.0 Å². The molecule has 52 heavy (non-hydrogen) atoms. The maximum atomic E-state index is 13.6. The van der Waals surface area contributed by atoms with E-state index in [2.05, 4.69) is 17.2 Å². The van der Waals surface area contributed by atoms with E-state index in [4.69, 9.17) is 29.4 Å². The smallest absolute Gasteiger partial charge is 0.484 e. The fourth-order valence-electron chi connectivity index (χ4n) is 5.19. The Morgan fingerprint density at radius 3 is 2.15 bits per heavy atom. The van der Waals surface area contributed by atoms with Gasteiger partial charge in [-0.05, 0) is 76.3 Å². The molecule has 1 saturated heterocycles. The first kappa shape index (κ1) is 40.8. The number of primary amides is 1. The van der Waals surface area contributed by atoms with E-state index in [1.165, 1.54) is 24.0 Å². The maximum absolute atomic E-state index is 13.6. The Bertz CT molecular complexity index is 1590. The molecule has 0 aliphatic carbocycles. The highest BCUT2D eigenvalue weighted by Crippen LogP contribution is 2.20. The molecule has 0 saturated carbocycles. The number of para-hydroxylation sites is 1. The first-order valence-corrected chi connectivity index (χ1v) is 17.0. The number of carbonyl (C=O) groups excluding carboxylic acids is 6. The summed E-state index contributed by atoms with van der Waals surface area (Å²) in [7, 11) is 0. The average molecular weight is 725 g/mol. The van der Waals surface area contributed by atoms with E-state index in [9.17, 15) is 28.8 Å². The van der Waals surface area contributed by atoms with Crippen LogP contribution in [0.2, 0.25) is 0 Å². The number of carbonyl (C=O) groups is 6. The van der Waals surface area contributed by atoms with E-state index in [1.54, 1.807) is 45.0 Å². The molecule has 3 atom stereocenters. The van der Waals surface area contributed by atoms with Crippen LogP contribution in [0.25, 0.3) is 0 Å². The number of nitrogens with zero attached hydrogens (tertiary/aromatic N) is 1. The Kier molecular flexibility index (Phi) is 15.5. The number of hydrogen-bond donors (Lipinski definition) is 3. The Morgan fingerprint density at radius 1 is 0.904 bits per heavy atom. The molecule has 282 valence electrons. The zero-order chi connectivity index (χ0) is 38.4. The van der Waals surface area contributed by atoms with Crippen LogP contribution in [0.4, 0.5) is 9.59 Å². The molecule has 4 amide bonds. The molecule has 4 N–H and O–H groups in total. The number of nitrogens with two attached hydrogens (primary N) is 1. The van der Waals surface area contributed by atoms with Crippen molar-refractivity contribution in [1.82, 2.24) is 15.5 Å². The number of nitrogens with one attached hydrogen (secondary N) is 2. The van der Waals surface area contributed by atoms with Crippen LogP contribution in [0.5, 0.6) is 11.5 Å². The first-order valence-electron chi connectivity index (χ1n) is 17.0. The van der Waals surface area contributed by atoms with Crippen LogP contribution in [0.3, 0.4) is 0 Å². The van der Waals surface area contributed by atoms with Crippen molar-refractivity contribution in [2.24, 2.45) is 11.7 Å². The van der Waals surface area contributed by atoms with Crippen molar-refractivity contribution in [3.63, 3.8) is 0 Å². The summed E-state index contributed by atoms with van der Waals surface area (Å²) in [5.74, 6) is -2.13. The van der Waals surface area contributed by atoms with Crippen molar-refractivity contribution in [3.05, 3.63) is 71.8 Å². The highest BCUT2D eigenvalue weighted by atomic mass is 16.8. The van der Waals surface area contributed by atoms with E-state index in [-0.39, 0.29) is 31.1 Å². The van der Waals surface area contributed by atoms with Gasteiger partial charge in [0.2, 0.25) is 18.1 Å². The minimum Gasteiger partial charge on any atom is -0.484 e. The third kappa shape index (κ3) is 13.6. The molecule has 2 aromatic carbocycles. The molecule has 15 heteroatoms. The number of likely N-dealkylation sites (tertiary alicyclic amines) is 1. The second-order valence-electron chi connectivity index (χ2n) is 12.8. The molecule has 0 radical (unpaired) electrons. The summed E-state index contributed by atoms with van der Waals surface area (Å²) in [5.41, 5.74) is 7.34. The normalized spacial score (nSPS) is 14.6. The van der Waals surface area contributed by atoms with Crippen molar-refractivity contribution in [2.45, 2.75) is 84.8 Å². The van der Waals surface area contributed by atoms with Gasteiger partial charge in [0, 0.05) is 32.4 Å². The lowest BCUT2D eigenvalue weighted by molar-refractivity contribution is -0.171. The Labute approximate surface area is 303 Å². The second kappa shape index (κ2) is 19.7. The lowest BCUT2D eigenvalue weighted by Crippen LogP contribution is -2.53. The molecule has 1 aliphatic rings. The molecule has 1 heterocycles. The summed E-state index contributed by atoms with van der Waals surface area (Å²) >= 11 is 0. The largest absolute Gasteiger partial charge is 0.511 e. The first-order chi connectivity index (χ1) is 24.6. The minimum atomic E-state index is -1.36. The van der Waals surface area contributed by atoms with Crippen LogP contribution in [-0.4, -0.2) is 85.0 Å². The number of rotatable bonds is 16. The number of esters is 1. The average Bonchev–Trinajstić information content (AvgIpc) is 3.07. The molecule has 1 unspecified atom stereocenters. The molecule has 0 bridgehead atoms. The van der Waals surface area contributed by atoms with Gasteiger partial charge in [0.1, 0.15) is 23.6 Å². The molecule has 15 nitrogen and oxygen atoms in total. The molecular formula is C37H48N4O11. The zero-order valence-corrected chi connectivity index (χ0v) is 30.2. The van der Waals surface area contributed by atoms with Gasteiger partial charge in [0.15, 0.2) is 6.61 Å². The number of aryl methyl sites for hydroxylation is 1. The lowest BCUT2D eigenvalue weighted by Gasteiger charge is -2.29. The van der Waals surface area contributed by atoms with Crippen LogP contribution < -0.4 is 25.8 Å². The Morgan fingerprint density at radius 2 is 1.56 bits per heavy atom. The van der Waals surface area contributed by atoms with E-state index < -0.39 is 60.4 Å². The quantitative estimate of drug-likeness (QED) is 0.129. The monoisotopic (exact) mass is 724 g/mol. The third-order valence-electron chi connectivity index (χ3n) is 7.86. The number of benzene rings is 2. The summed E-state index contributed by atoms with van der Waals surface area (Å²) in [6.07, 6.45) is -2.59. The number of ether oxygens (including phenoxy) is 5. The van der Waals surface area contributed by atoms with Gasteiger partial charge in [0.05, 0.1) is 6.10 Å². The topological polar surface area (TPSA) is 202 Å². The summed E-state index contributed by atoms with van der Waals surface area (Å²) < 4.78 is 26.4. The van der Waals surface area contributed by atoms with Crippen LogP contribution in [0.15, 0.2) is 60.7 Å². The van der Waals surface area contributed by atoms with Crippen molar-refractivity contribution in [2.75, 3.05) is 19.7 Å². The Balaban J connectivity index is 1.71. The zero-order valence-electron chi connectivity index (χ0n) is 30.2. The van der Waals surface area contributed by atoms with E-state index >= 15 is 0 Å². The van der Waals surface area contributed by atoms with E-state index in [0.717, 1.165) is 5.56 Å². The van der Waals surface area contributed by atoms with Crippen LogP contribution in [0, 0.1) is 12.8 Å². The van der Waals surface area contributed by atoms with E-state index in [1.807, 2.05) is 19.1 Å². The van der Waals surface area contributed by atoms with Gasteiger partial charge in [-0.15, -0.1) is 6.58 Å². The standard InChI is InChI=1S/C37H48N4O11/c1-22(2)19-29(39-32(42)21-48-31-10-8-7-9-24(31)5)34(44)40-30(35(45)50-25(6)51-37(47)49-23(3)4)20-26-11-13-28(14-12-26)52-36(46)41-17-15-27(16-18-41)33(38)43/h7-14,23,25,27,29-30H,1,15-21H2,2-6H3,(H2,38,43)(H,39,42)(H,40,44)/t25?,29-,30-/m0/s1. The second-order valence-corrected chi connectivity index (χ2v) is 12.8. The highest BCUT2D eigenvalue weighted by molar-refractivity contribution is 5.91. The number of piperidine rings is 1. The minimum absolute atomic E-state index is 0.0601. The fraction of sp³-hybridized carbons (Fsp3) is 0.459. The van der Waals surface area contributed by atoms with Crippen LogP contribution in [0.1, 0.15) is 58.1 Å². The van der Waals surface area contributed by atoms with Gasteiger partial charge in [0.25, 0.3) is 5.91 Å². The third-order valence-corrected chi connectivity index (χ3v) is 7.86. The van der Waals surface area contributed by atoms with E-state index in [0.29, 0.717) is 42.8 Å². The van der Waals surface area contributed by atoms with Crippen LogP contribution >= 0.6 is 0 Å². The van der Waals surface area contributed by atoms with Crippen LogP contribution in [-0.2, 0) is 39.8 Å².